The van der Waals surface area contributed by atoms with E-state index in [0.29, 0.717) is 19.4 Å². The largest absolute Gasteiger partial charge is 0.480 e. The minimum atomic E-state index is -1.33. The summed E-state index contributed by atoms with van der Waals surface area (Å²) in [5.74, 6) is -1.07. The molecule has 1 aliphatic rings. The van der Waals surface area contributed by atoms with Gasteiger partial charge in [0.15, 0.2) is 0 Å². The maximum absolute atomic E-state index is 11.2. The van der Waals surface area contributed by atoms with Crippen LogP contribution < -0.4 is 5.32 Å². The summed E-state index contributed by atoms with van der Waals surface area (Å²) >= 11 is 0. The predicted molar refractivity (Wildman–Crippen MR) is 56.4 cm³/mol. The molecule has 0 bridgehead atoms. The highest BCUT2D eigenvalue weighted by atomic mass is 16.4. The molecule has 1 rings (SSSR count). The Bertz CT molecular complexity index is 254. The molecule has 1 saturated heterocycles. The molecule has 0 radical (unpaired) electrons. The van der Waals surface area contributed by atoms with Crippen LogP contribution in [0.25, 0.3) is 0 Å². The first-order valence-corrected chi connectivity index (χ1v) is 5.16. The normalized spacial score (nSPS) is 31.3. The molecule has 1 fully saturated rings. The Labute approximate surface area is 91.0 Å². The van der Waals surface area contributed by atoms with Gasteiger partial charge in [-0.05, 0) is 38.5 Å². The second-order valence-corrected chi connectivity index (χ2v) is 4.10. The van der Waals surface area contributed by atoms with Gasteiger partial charge in [0.05, 0.1) is 0 Å². The molecule has 0 aliphatic carbocycles. The maximum atomic E-state index is 11.2. The number of rotatable bonds is 5. The summed E-state index contributed by atoms with van der Waals surface area (Å²) in [6.07, 6.45) is 2.16. The van der Waals surface area contributed by atoms with Gasteiger partial charge in [-0.2, -0.15) is 0 Å². The fourth-order valence-electron chi connectivity index (χ4n) is 2.05. The van der Waals surface area contributed by atoms with Crippen LogP contribution >= 0.6 is 0 Å². The van der Waals surface area contributed by atoms with Crippen molar-refractivity contribution in [3.63, 3.8) is 0 Å². The number of nitrogens with one attached hydrogen (secondary N) is 1. The van der Waals surface area contributed by atoms with Gasteiger partial charge in [0.25, 0.3) is 0 Å². The number of carboxylic acids is 1. The van der Waals surface area contributed by atoms with Gasteiger partial charge < -0.3 is 20.5 Å². The number of hydrogen-bond acceptors (Lipinski definition) is 4. The molecule has 15 heavy (non-hydrogen) atoms. The van der Waals surface area contributed by atoms with Gasteiger partial charge in [-0.15, -0.1) is 0 Å². The van der Waals surface area contributed by atoms with Gasteiger partial charge in [-0.3, -0.25) is 4.79 Å². The molecule has 0 unspecified atom stereocenters. The first-order chi connectivity index (χ1) is 7.53. The first kappa shape index (κ1) is 10.9. The Morgan fingerprint density at radius 3 is 3.00 bits per heavy atom. The molecule has 0 amide bonds. The van der Waals surface area contributed by atoms with Crippen molar-refractivity contribution < 1.29 is 21.3 Å². The van der Waals surface area contributed by atoms with Crippen LogP contribution in [0.1, 0.15) is 27.5 Å². The minimum absolute atomic E-state index is 0.0961. The van der Waals surface area contributed by atoms with Crippen molar-refractivity contribution >= 4 is 13.1 Å². The SMILES string of the molecule is [2H]C[C@]1(C(=O)O)NCC[C@@H]1CCCB(O)O. The number of carboxylic acid groups (broad SMARTS) is 1. The molecule has 0 saturated carbocycles. The maximum Gasteiger partial charge on any atom is 0.451 e. The van der Waals surface area contributed by atoms with Crippen molar-refractivity contribution in [2.75, 3.05) is 6.54 Å². The van der Waals surface area contributed by atoms with Crippen molar-refractivity contribution in [2.45, 2.75) is 38.0 Å². The molecular formula is C9H18BNO4. The lowest BCUT2D eigenvalue weighted by molar-refractivity contribution is -0.145. The lowest BCUT2D eigenvalue weighted by Gasteiger charge is -2.26. The van der Waals surface area contributed by atoms with Crippen molar-refractivity contribution in [2.24, 2.45) is 5.92 Å². The van der Waals surface area contributed by atoms with Crippen LogP contribution in [-0.2, 0) is 4.79 Å². The highest BCUT2D eigenvalue weighted by Crippen LogP contribution is 2.31. The third-order valence-electron chi connectivity index (χ3n) is 3.03. The first-order valence-electron chi connectivity index (χ1n) is 5.87. The summed E-state index contributed by atoms with van der Waals surface area (Å²) in [6.45, 7) is 0.423. The van der Waals surface area contributed by atoms with Gasteiger partial charge in [-0.25, -0.2) is 0 Å². The Morgan fingerprint density at radius 1 is 1.73 bits per heavy atom. The topological polar surface area (TPSA) is 89.8 Å². The summed E-state index contributed by atoms with van der Waals surface area (Å²) in [4.78, 5) is 11.2. The van der Waals surface area contributed by atoms with Gasteiger partial charge in [0, 0.05) is 1.37 Å². The smallest absolute Gasteiger partial charge is 0.451 e. The molecule has 0 aromatic carbocycles. The lowest BCUT2D eigenvalue weighted by atomic mass is 9.78. The highest BCUT2D eigenvalue weighted by Gasteiger charge is 2.44. The van der Waals surface area contributed by atoms with Crippen LogP contribution in [0.4, 0.5) is 0 Å². The van der Waals surface area contributed by atoms with Crippen molar-refractivity contribution in [3.8, 4) is 0 Å². The van der Waals surface area contributed by atoms with Gasteiger partial charge in [0.2, 0.25) is 0 Å². The van der Waals surface area contributed by atoms with Crippen LogP contribution in [0.15, 0.2) is 0 Å². The minimum Gasteiger partial charge on any atom is -0.480 e. The molecule has 1 aliphatic heterocycles. The molecule has 0 aromatic heterocycles. The number of aliphatic carboxylic acids is 1. The summed E-state index contributed by atoms with van der Waals surface area (Å²) in [6, 6.07) is 0. The molecule has 5 nitrogen and oxygen atoms in total. The molecule has 2 atom stereocenters. The van der Waals surface area contributed by atoms with Crippen LogP contribution in [0.2, 0.25) is 6.32 Å². The van der Waals surface area contributed by atoms with E-state index < -0.39 is 18.6 Å². The third-order valence-corrected chi connectivity index (χ3v) is 3.03. The third kappa shape index (κ3) is 2.93. The molecule has 6 heteroatoms. The fourth-order valence-corrected chi connectivity index (χ4v) is 2.05. The monoisotopic (exact) mass is 216 g/mol. The molecule has 1 heterocycles. The number of hydrogen-bond donors (Lipinski definition) is 4. The van der Waals surface area contributed by atoms with E-state index in [0.717, 1.165) is 6.42 Å². The van der Waals surface area contributed by atoms with Crippen molar-refractivity contribution in [3.05, 3.63) is 0 Å². The van der Waals surface area contributed by atoms with E-state index in [9.17, 15) is 4.79 Å². The Kier molecular flexibility index (Phi) is 3.61. The highest BCUT2D eigenvalue weighted by molar-refractivity contribution is 6.40. The number of carbonyl (C=O) groups is 1. The second-order valence-electron chi connectivity index (χ2n) is 4.10. The predicted octanol–water partition coefficient (Wildman–Crippen LogP) is -0.308. The summed E-state index contributed by atoms with van der Waals surface area (Å²) < 4.78 is 7.39. The van der Waals surface area contributed by atoms with Crippen LogP contribution in [0, 0.1) is 5.92 Å². The quantitative estimate of drug-likeness (QED) is 0.473. The van der Waals surface area contributed by atoms with Crippen LogP contribution in [0.3, 0.4) is 0 Å². The van der Waals surface area contributed by atoms with Gasteiger partial charge in [0.1, 0.15) is 5.54 Å². The Balaban J connectivity index is 2.54. The summed E-state index contributed by atoms with van der Waals surface area (Å²) in [7, 11) is -1.33. The van der Waals surface area contributed by atoms with Crippen molar-refractivity contribution in [1.29, 1.82) is 0 Å². The van der Waals surface area contributed by atoms with E-state index in [2.05, 4.69) is 5.32 Å². The zero-order chi connectivity index (χ0) is 12.2. The molecule has 86 valence electrons. The van der Waals surface area contributed by atoms with E-state index in [1.807, 2.05) is 0 Å². The standard InChI is InChI=1S/C9H18BNO4/c1-9(8(12)13)7(4-6-11-9)3-2-5-10(14)15/h7,11,14-15H,2-6H2,1H3,(H,12,13)/t7-,9-/m0/s1/i1D. The van der Waals surface area contributed by atoms with Crippen LogP contribution in [-0.4, -0.2) is 40.3 Å². The van der Waals surface area contributed by atoms with E-state index >= 15 is 0 Å². The lowest BCUT2D eigenvalue weighted by Crippen LogP contribution is -2.49. The van der Waals surface area contributed by atoms with Crippen molar-refractivity contribution in [1.82, 2.24) is 5.32 Å². The summed E-state index contributed by atoms with van der Waals surface area (Å²) in [5.41, 5.74) is -1.14. The molecular weight excluding hydrogens is 197 g/mol. The Morgan fingerprint density at radius 2 is 2.47 bits per heavy atom. The second kappa shape index (κ2) is 4.96. The van der Waals surface area contributed by atoms with E-state index in [-0.39, 0.29) is 19.1 Å². The van der Waals surface area contributed by atoms with E-state index in [1.165, 1.54) is 0 Å². The average Bonchev–Trinajstić information content (AvgIpc) is 2.61. The average molecular weight is 216 g/mol. The molecule has 4 N–H and O–H groups in total. The summed E-state index contributed by atoms with van der Waals surface area (Å²) in [5, 5.41) is 29.5. The van der Waals surface area contributed by atoms with Gasteiger partial charge in [-0.1, -0.05) is 6.42 Å². The Hall–Kier alpha value is -0.585. The van der Waals surface area contributed by atoms with E-state index in [4.69, 9.17) is 16.5 Å². The van der Waals surface area contributed by atoms with Crippen LogP contribution in [0.5, 0.6) is 0 Å². The zero-order valence-electron chi connectivity index (χ0n) is 9.65. The zero-order valence-corrected chi connectivity index (χ0v) is 8.65. The van der Waals surface area contributed by atoms with E-state index in [1.54, 1.807) is 0 Å². The molecule has 0 spiro atoms. The molecule has 0 aromatic rings. The van der Waals surface area contributed by atoms with Gasteiger partial charge >= 0.3 is 13.1 Å². The fraction of sp³-hybridized carbons (Fsp3) is 0.889.